The molecule has 1 aliphatic carbocycles. The molecule has 5 nitrogen and oxygen atoms in total. The van der Waals surface area contributed by atoms with Crippen molar-refractivity contribution in [3.63, 3.8) is 0 Å². The molecule has 1 saturated carbocycles. The molecule has 1 aromatic heterocycles. The number of hydrogen-bond acceptors (Lipinski definition) is 5. The molecule has 3 unspecified atom stereocenters. The highest BCUT2D eigenvalue weighted by molar-refractivity contribution is 5.00. The topological polar surface area (TPSA) is 60.2 Å². The minimum Gasteiger partial charge on any atom is -0.373 e. The van der Waals surface area contributed by atoms with Crippen LogP contribution in [0, 0.1) is 5.92 Å². The van der Waals surface area contributed by atoms with Crippen LogP contribution in [-0.4, -0.2) is 30.3 Å². The van der Waals surface area contributed by atoms with Gasteiger partial charge in [0.25, 0.3) is 0 Å². The first-order chi connectivity index (χ1) is 9.67. The van der Waals surface area contributed by atoms with Crippen LogP contribution in [0.3, 0.4) is 0 Å². The molecule has 114 valence electrons. The second-order valence-corrected chi connectivity index (χ2v) is 5.91. The largest absolute Gasteiger partial charge is 0.373 e. The van der Waals surface area contributed by atoms with Crippen LogP contribution in [0.5, 0.6) is 0 Å². The molecule has 1 aromatic rings. The zero-order valence-corrected chi connectivity index (χ0v) is 13.1. The Balaban J connectivity index is 2.09. The normalized spacial score (nSPS) is 21.6. The summed E-state index contributed by atoms with van der Waals surface area (Å²) in [4.78, 5) is 4.58. The maximum Gasteiger partial charge on any atom is 0.231 e. The van der Waals surface area contributed by atoms with E-state index in [2.05, 4.69) is 29.3 Å². The molecule has 1 N–H and O–H groups in total. The monoisotopic (exact) mass is 281 g/mol. The lowest BCUT2D eigenvalue weighted by Crippen LogP contribution is -2.27. The molecule has 0 radical (unpaired) electrons. The highest BCUT2D eigenvalue weighted by Crippen LogP contribution is 2.35. The molecular weight excluding hydrogens is 254 g/mol. The SMILES string of the molecule is CNC(C)C(C)c1nc(C(OC)C2CCCCC2)no1. The van der Waals surface area contributed by atoms with Crippen LogP contribution in [0.2, 0.25) is 0 Å². The van der Waals surface area contributed by atoms with Crippen LogP contribution in [-0.2, 0) is 4.74 Å². The van der Waals surface area contributed by atoms with Crippen molar-refractivity contribution in [1.82, 2.24) is 15.5 Å². The van der Waals surface area contributed by atoms with Crippen LogP contribution in [0.15, 0.2) is 4.52 Å². The molecule has 0 saturated heterocycles. The number of nitrogens with one attached hydrogen (secondary N) is 1. The van der Waals surface area contributed by atoms with E-state index in [-0.39, 0.29) is 12.0 Å². The number of hydrogen-bond donors (Lipinski definition) is 1. The second kappa shape index (κ2) is 7.18. The van der Waals surface area contributed by atoms with Crippen LogP contribution >= 0.6 is 0 Å². The van der Waals surface area contributed by atoms with Crippen LogP contribution in [0.25, 0.3) is 0 Å². The summed E-state index contributed by atoms with van der Waals surface area (Å²) in [5, 5.41) is 7.38. The summed E-state index contributed by atoms with van der Waals surface area (Å²) >= 11 is 0. The van der Waals surface area contributed by atoms with E-state index in [1.165, 1.54) is 32.1 Å². The van der Waals surface area contributed by atoms with Gasteiger partial charge in [-0.2, -0.15) is 4.98 Å². The predicted octanol–water partition coefficient (Wildman–Crippen LogP) is 3.05. The van der Waals surface area contributed by atoms with Gasteiger partial charge >= 0.3 is 0 Å². The summed E-state index contributed by atoms with van der Waals surface area (Å²) < 4.78 is 11.1. The maximum absolute atomic E-state index is 5.66. The third-order valence-corrected chi connectivity index (χ3v) is 4.64. The highest BCUT2D eigenvalue weighted by Gasteiger charge is 2.30. The van der Waals surface area contributed by atoms with Crippen LogP contribution in [0.1, 0.15) is 69.7 Å². The molecule has 1 heterocycles. The van der Waals surface area contributed by atoms with Crippen molar-refractivity contribution in [2.75, 3.05) is 14.2 Å². The second-order valence-electron chi connectivity index (χ2n) is 5.91. The van der Waals surface area contributed by atoms with Gasteiger partial charge in [0.15, 0.2) is 0 Å². The van der Waals surface area contributed by atoms with Crippen LogP contribution in [0.4, 0.5) is 0 Å². The van der Waals surface area contributed by atoms with Gasteiger partial charge in [-0.15, -0.1) is 0 Å². The first-order valence-corrected chi connectivity index (χ1v) is 7.71. The minimum atomic E-state index is -0.0232. The van der Waals surface area contributed by atoms with Crippen molar-refractivity contribution in [2.45, 2.75) is 64.0 Å². The molecule has 1 fully saturated rings. The molecule has 1 aliphatic rings. The molecule has 0 bridgehead atoms. The quantitative estimate of drug-likeness (QED) is 0.868. The third kappa shape index (κ3) is 3.38. The number of ether oxygens (including phenoxy) is 1. The summed E-state index contributed by atoms with van der Waals surface area (Å²) in [7, 11) is 3.69. The van der Waals surface area contributed by atoms with Crippen LogP contribution < -0.4 is 5.32 Å². The molecule has 0 aliphatic heterocycles. The van der Waals surface area contributed by atoms with Crippen molar-refractivity contribution in [3.8, 4) is 0 Å². The summed E-state index contributed by atoms with van der Waals surface area (Å²) in [6, 6.07) is 0.305. The van der Waals surface area contributed by atoms with E-state index in [4.69, 9.17) is 9.26 Å². The standard InChI is InChI=1S/C15H27N3O2/c1-10(11(2)16-3)15-17-14(18-20-15)13(19-4)12-8-6-5-7-9-12/h10-13,16H,5-9H2,1-4H3. The van der Waals surface area contributed by atoms with Gasteiger partial charge in [-0.05, 0) is 32.7 Å². The minimum absolute atomic E-state index is 0.0232. The Labute approximate surface area is 121 Å². The first kappa shape index (κ1) is 15.4. The van der Waals surface area contributed by atoms with Gasteiger partial charge in [-0.3, -0.25) is 0 Å². The van der Waals surface area contributed by atoms with E-state index in [0.29, 0.717) is 23.7 Å². The summed E-state index contributed by atoms with van der Waals surface area (Å²) in [5.74, 6) is 2.13. The number of likely N-dealkylation sites (N-methyl/N-ethyl adjacent to an activating group) is 1. The van der Waals surface area contributed by atoms with Gasteiger partial charge in [0, 0.05) is 13.2 Å². The van der Waals surface area contributed by atoms with E-state index in [1.807, 2.05) is 7.05 Å². The Bertz CT molecular complexity index is 402. The van der Waals surface area contributed by atoms with E-state index >= 15 is 0 Å². The number of methoxy groups -OCH3 is 1. The molecule has 0 spiro atoms. The fourth-order valence-electron chi connectivity index (χ4n) is 2.96. The Kier molecular flexibility index (Phi) is 5.54. The highest BCUT2D eigenvalue weighted by atomic mass is 16.5. The average Bonchev–Trinajstić information content (AvgIpc) is 2.97. The molecule has 20 heavy (non-hydrogen) atoms. The van der Waals surface area contributed by atoms with Gasteiger partial charge in [0.2, 0.25) is 11.7 Å². The molecule has 0 amide bonds. The first-order valence-electron chi connectivity index (χ1n) is 7.71. The van der Waals surface area contributed by atoms with Crippen molar-refractivity contribution >= 4 is 0 Å². The number of rotatable bonds is 6. The van der Waals surface area contributed by atoms with Gasteiger partial charge in [0.1, 0.15) is 6.10 Å². The maximum atomic E-state index is 5.66. The Morgan fingerprint density at radius 2 is 1.95 bits per heavy atom. The third-order valence-electron chi connectivity index (χ3n) is 4.64. The van der Waals surface area contributed by atoms with Crippen molar-refractivity contribution in [1.29, 1.82) is 0 Å². The smallest absolute Gasteiger partial charge is 0.231 e. The zero-order chi connectivity index (χ0) is 14.5. The summed E-state index contributed by atoms with van der Waals surface area (Å²) in [6.07, 6.45) is 6.27. The Morgan fingerprint density at radius 3 is 2.55 bits per heavy atom. The predicted molar refractivity (Wildman–Crippen MR) is 77.6 cm³/mol. The number of nitrogens with zero attached hydrogens (tertiary/aromatic N) is 2. The lowest BCUT2D eigenvalue weighted by atomic mass is 9.85. The van der Waals surface area contributed by atoms with Gasteiger partial charge in [-0.1, -0.05) is 31.3 Å². The lowest BCUT2D eigenvalue weighted by molar-refractivity contribution is 0.0273. The van der Waals surface area contributed by atoms with Gasteiger partial charge in [0.05, 0.1) is 5.92 Å². The van der Waals surface area contributed by atoms with E-state index in [0.717, 1.165) is 0 Å². The summed E-state index contributed by atoms with van der Waals surface area (Å²) in [6.45, 7) is 4.21. The Morgan fingerprint density at radius 1 is 1.25 bits per heavy atom. The van der Waals surface area contributed by atoms with E-state index in [9.17, 15) is 0 Å². The van der Waals surface area contributed by atoms with E-state index in [1.54, 1.807) is 7.11 Å². The van der Waals surface area contributed by atoms with Gasteiger partial charge in [-0.25, -0.2) is 0 Å². The molecule has 2 rings (SSSR count). The lowest BCUT2D eigenvalue weighted by Gasteiger charge is -2.26. The molecule has 0 aromatic carbocycles. The van der Waals surface area contributed by atoms with Gasteiger partial charge < -0.3 is 14.6 Å². The average molecular weight is 281 g/mol. The molecule has 5 heteroatoms. The Hall–Kier alpha value is -0.940. The fraction of sp³-hybridized carbons (Fsp3) is 0.867. The van der Waals surface area contributed by atoms with Crippen molar-refractivity contribution in [2.24, 2.45) is 5.92 Å². The van der Waals surface area contributed by atoms with Crippen molar-refractivity contribution < 1.29 is 9.26 Å². The summed E-state index contributed by atoms with van der Waals surface area (Å²) in [5.41, 5.74) is 0. The zero-order valence-electron chi connectivity index (χ0n) is 13.1. The molecular formula is C15H27N3O2. The molecule has 3 atom stereocenters. The number of aromatic nitrogens is 2. The fourth-order valence-corrected chi connectivity index (χ4v) is 2.96. The van der Waals surface area contributed by atoms with Crippen molar-refractivity contribution in [3.05, 3.63) is 11.7 Å². The van der Waals surface area contributed by atoms with E-state index < -0.39 is 0 Å².